The Kier molecular flexibility index (Phi) is 3.08. The van der Waals surface area contributed by atoms with Crippen molar-refractivity contribution in [2.45, 2.75) is 24.7 Å². The van der Waals surface area contributed by atoms with Gasteiger partial charge in [-0.15, -0.1) is 0 Å². The van der Waals surface area contributed by atoms with Crippen LogP contribution in [-0.4, -0.2) is 23.4 Å². The highest BCUT2D eigenvalue weighted by molar-refractivity contribution is 5.26. The van der Waals surface area contributed by atoms with E-state index in [1.807, 2.05) is 30.3 Å². The minimum absolute atomic E-state index is 0.0318. The third kappa shape index (κ3) is 2.21. The predicted octanol–water partition coefficient (Wildman–Crippen LogP) is 1.71. The fraction of sp³-hybridized carbons (Fsp3) is 0.538. The molecule has 0 spiro atoms. The smallest absolute Gasteiger partial charge is 0.0550 e. The summed E-state index contributed by atoms with van der Waals surface area (Å²) in [4.78, 5) is 0. The highest BCUT2D eigenvalue weighted by Crippen LogP contribution is 2.41. The number of rotatable bonds is 5. The van der Waals surface area contributed by atoms with Crippen molar-refractivity contribution >= 4 is 0 Å². The molecule has 0 saturated heterocycles. The van der Waals surface area contributed by atoms with Gasteiger partial charge in [-0.1, -0.05) is 43.2 Å². The number of benzene rings is 1. The molecule has 1 fully saturated rings. The summed E-state index contributed by atoms with van der Waals surface area (Å²) in [5.74, 6) is 0.699. The molecular weight excluding hydrogens is 188 g/mol. The van der Waals surface area contributed by atoms with Crippen LogP contribution in [-0.2, 0) is 5.41 Å². The van der Waals surface area contributed by atoms with E-state index >= 15 is 0 Å². The fourth-order valence-electron chi connectivity index (χ4n) is 2.15. The van der Waals surface area contributed by atoms with Crippen molar-refractivity contribution in [1.82, 2.24) is 0 Å². The van der Waals surface area contributed by atoms with E-state index < -0.39 is 5.41 Å². The molecule has 0 atom stereocenters. The van der Waals surface area contributed by atoms with Crippen LogP contribution in [0.3, 0.4) is 0 Å². The lowest BCUT2D eigenvalue weighted by Gasteiger charge is -2.30. The van der Waals surface area contributed by atoms with Crippen LogP contribution in [0.1, 0.15) is 24.8 Å². The van der Waals surface area contributed by atoms with Crippen LogP contribution in [0, 0.1) is 5.92 Å². The van der Waals surface area contributed by atoms with Crippen molar-refractivity contribution in [3.05, 3.63) is 35.9 Å². The first-order valence-electron chi connectivity index (χ1n) is 5.58. The van der Waals surface area contributed by atoms with Crippen LogP contribution in [0.25, 0.3) is 0 Å². The molecule has 0 heterocycles. The summed E-state index contributed by atoms with van der Waals surface area (Å²) in [7, 11) is 0. The lowest BCUT2D eigenvalue weighted by Crippen LogP contribution is -2.35. The number of aliphatic hydroxyl groups excluding tert-OH is 2. The molecule has 0 unspecified atom stereocenters. The van der Waals surface area contributed by atoms with Crippen LogP contribution >= 0.6 is 0 Å². The molecule has 0 bridgehead atoms. The van der Waals surface area contributed by atoms with Gasteiger partial charge < -0.3 is 10.2 Å². The Labute approximate surface area is 90.6 Å². The van der Waals surface area contributed by atoms with E-state index in [1.54, 1.807) is 0 Å². The fourth-order valence-corrected chi connectivity index (χ4v) is 2.15. The number of hydrogen-bond donors (Lipinski definition) is 2. The Hall–Kier alpha value is -0.860. The molecule has 0 aliphatic heterocycles. The topological polar surface area (TPSA) is 40.5 Å². The second-order valence-corrected chi connectivity index (χ2v) is 4.61. The maximum Gasteiger partial charge on any atom is 0.0550 e. The molecule has 0 aromatic heterocycles. The van der Waals surface area contributed by atoms with Gasteiger partial charge in [0.15, 0.2) is 0 Å². The van der Waals surface area contributed by atoms with E-state index in [9.17, 15) is 10.2 Å². The zero-order valence-electron chi connectivity index (χ0n) is 8.89. The summed E-state index contributed by atoms with van der Waals surface area (Å²) in [6.07, 6.45) is 3.40. The van der Waals surface area contributed by atoms with E-state index in [2.05, 4.69) is 0 Å². The van der Waals surface area contributed by atoms with Crippen molar-refractivity contribution in [3.8, 4) is 0 Å². The molecule has 82 valence electrons. The van der Waals surface area contributed by atoms with Gasteiger partial charge >= 0.3 is 0 Å². The molecule has 2 nitrogen and oxygen atoms in total. The Morgan fingerprint density at radius 3 is 2.13 bits per heavy atom. The highest BCUT2D eigenvalue weighted by Gasteiger charge is 2.37. The maximum absolute atomic E-state index is 9.55. The second-order valence-electron chi connectivity index (χ2n) is 4.61. The van der Waals surface area contributed by atoms with E-state index in [-0.39, 0.29) is 13.2 Å². The standard InChI is InChI=1S/C13H18O2/c14-9-13(10-15,8-11-6-7-11)12-4-2-1-3-5-12/h1-5,11,14-15H,6-10H2. The van der Waals surface area contributed by atoms with Gasteiger partial charge in [0.05, 0.1) is 13.2 Å². The van der Waals surface area contributed by atoms with Gasteiger partial charge in [0.1, 0.15) is 0 Å². The van der Waals surface area contributed by atoms with Gasteiger partial charge in [-0.05, 0) is 17.9 Å². The largest absolute Gasteiger partial charge is 0.395 e. The van der Waals surface area contributed by atoms with Gasteiger partial charge in [0.25, 0.3) is 0 Å². The van der Waals surface area contributed by atoms with Crippen molar-refractivity contribution in [3.63, 3.8) is 0 Å². The van der Waals surface area contributed by atoms with Gasteiger partial charge in [0.2, 0.25) is 0 Å². The average Bonchev–Trinajstić information content (AvgIpc) is 3.11. The molecule has 2 N–H and O–H groups in total. The third-order valence-electron chi connectivity index (χ3n) is 3.37. The first kappa shape index (κ1) is 10.7. The molecule has 2 rings (SSSR count). The Balaban J connectivity index is 2.23. The Morgan fingerprint density at radius 2 is 1.67 bits per heavy atom. The van der Waals surface area contributed by atoms with Crippen molar-refractivity contribution in [2.75, 3.05) is 13.2 Å². The molecule has 1 aromatic carbocycles. The molecule has 2 heteroatoms. The molecule has 1 aromatic rings. The first-order chi connectivity index (χ1) is 7.30. The van der Waals surface area contributed by atoms with Crippen molar-refractivity contribution in [2.24, 2.45) is 5.92 Å². The van der Waals surface area contributed by atoms with E-state index in [0.717, 1.165) is 12.0 Å². The number of aliphatic hydroxyl groups is 2. The van der Waals surface area contributed by atoms with Gasteiger partial charge in [-0.25, -0.2) is 0 Å². The van der Waals surface area contributed by atoms with Crippen molar-refractivity contribution in [1.29, 1.82) is 0 Å². The summed E-state index contributed by atoms with van der Waals surface area (Å²) in [6.45, 7) is 0.0635. The molecule has 1 aliphatic carbocycles. The van der Waals surface area contributed by atoms with Crippen LogP contribution in [0.4, 0.5) is 0 Å². The molecule has 15 heavy (non-hydrogen) atoms. The van der Waals surface area contributed by atoms with E-state index in [0.29, 0.717) is 5.92 Å². The van der Waals surface area contributed by atoms with Gasteiger partial charge in [0, 0.05) is 5.41 Å². The minimum Gasteiger partial charge on any atom is -0.395 e. The summed E-state index contributed by atoms with van der Waals surface area (Å²) in [5, 5.41) is 19.1. The minimum atomic E-state index is -0.428. The number of hydrogen-bond acceptors (Lipinski definition) is 2. The summed E-state index contributed by atoms with van der Waals surface area (Å²) in [6, 6.07) is 9.87. The van der Waals surface area contributed by atoms with Crippen LogP contribution in [0.15, 0.2) is 30.3 Å². The summed E-state index contributed by atoms with van der Waals surface area (Å²) < 4.78 is 0. The van der Waals surface area contributed by atoms with E-state index in [4.69, 9.17) is 0 Å². The maximum atomic E-state index is 9.55. The lowest BCUT2D eigenvalue weighted by atomic mass is 9.77. The van der Waals surface area contributed by atoms with Crippen LogP contribution in [0.2, 0.25) is 0 Å². The monoisotopic (exact) mass is 206 g/mol. The molecule has 0 radical (unpaired) electrons. The van der Waals surface area contributed by atoms with E-state index in [1.165, 1.54) is 12.8 Å². The SMILES string of the molecule is OCC(CO)(CC1CC1)c1ccccc1. The van der Waals surface area contributed by atoms with Gasteiger partial charge in [-0.2, -0.15) is 0 Å². The molecule has 1 saturated carbocycles. The highest BCUT2D eigenvalue weighted by atomic mass is 16.3. The van der Waals surface area contributed by atoms with Gasteiger partial charge in [-0.3, -0.25) is 0 Å². The summed E-state index contributed by atoms with van der Waals surface area (Å²) >= 11 is 0. The average molecular weight is 206 g/mol. The Morgan fingerprint density at radius 1 is 1.07 bits per heavy atom. The summed E-state index contributed by atoms with van der Waals surface area (Å²) in [5.41, 5.74) is 0.629. The third-order valence-corrected chi connectivity index (χ3v) is 3.37. The quantitative estimate of drug-likeness (QED) is 0.770. The molecule has 0 amide bonds. The Bertz CT molecular complexity index is 300. The normalized spacial score (nSPS) is 16.7. The van der Waals surface area contributed by atoms with Crippen molar-refractivity contribution < 1.29 is 10.2 Å². The second kappa shape index (κ2) is 4.33. The van der Waals surface area contributed by atoms with Crippen LogP contribution < -0.4 is 0 Å². The predicted molar refractivity (Wildman–Crippen MR) is 59.6 cm³/mol. The first-order valence-corrected chi connectivity index (χ1v) is 5.58. The van der Waals surface area contributed by atoms with Crippen LogP contribution in [0.5, 0.6) is 0 Å². The lowest BCUT2D eigenvalue weighted by molar-refractivity contribution is 0.105. The zero-order valence-corrected chi connectivity index (χ0v) is 8.89. The molecule has 1 aliphatic rings. The zero-order chi connectivity index (χ0) is 10.7. The molecular formula is C13H18O2.